The molecule has 0 radical (unpaired) electrons. The van der Waals surface area contributed by atoms with Crippen LogP contribution in [0.25, 0.3) is 0 Å². The number of alkyl halides is 3. The number of rotatable bonds is 6. The van der Waals surface area contributed by atoms with Crippen LogP contribution in [0.2, 0.25) is 0 Å². The van der Waals surface area contributed by atoms with Crippen LogP contribution in [0.5, 0.6) is 5.88 Å². The highest BCUT2D eigenvalue weighted by atomic mass is 19.4. The average molecular weight is 265 g/mol. The largest absolute Gasteiger partial charge is 0.475 e. The van der Waals surface area contributed by atoms with Crippen LogP contribution in [-0.2, 0) is 10.9 Å². The Hall–Kier alpha value is -1.57. The first-order valence-electron chi connectivity index (χ1n) is 5.32. The Morgan fingerprint density at radius 3 is 2.56 bits per heavy atom. The fourth-order valence-electron chi connectivity index (χ4n) is 1.11. The number of nitrogens with zero attached hydrogens (tertiary/aromatic N) is 2. The molecule has 0 amide bonds. The quantitative estimate of drug-likeness (QED) is 0.797. The van der Waals surface area contributed by atoms with Gasteiger partial charge in [0.1, 0.15) is 6.61 Å². The minimum atomic E-state index is -4.54. The molecule has 1 rings (SSSR count). The van der Waals surface area contributed by atoms with Crippen molar-refractivity contribution in [3.8, 4) is 5.88 Å². The molecule has 18 heavy (non-hydrogen) atoms. The molecule has 0 spiro atoms. The second-order valence-electron chi connectivity index (χ2n) is 3.21. The van der Waals surface area contributed by atoms with E-state index in [0.717, 1.165) is 6.07 Å². The molecule has 8 heteroatoms. The predicted molar refractivity (Wildman–Crippen MR) is 58.6 cm³/mol. The summed E-state index contributed by atoms with van der Waals surface area (Å²) in [6, 6.07) is 0.757. The van der Waals surface area contributed by atoms with Crippen molar-refractivity contribution in [3.05, 3.63) is 11.8 Å². The van der Waals surface area contributed by atoms with Crippen LogP contribution in [0.1, 0.15) is 12.6 Å². The fraction of sp³-hybridized carbons (Fsp3) is 0.600. The number of halogens is 3. The molecule has 0 aliphatic rings. The number of hydrogen-bond donors (Lipinski definition) is 1. The van der Waals surface area contributed by atoms with Gasteiger partial charge in [-0.25, -0.2) is 4.98 Å². The minimum absolute atomic E-state index is 0.130. The van der Waals surface area contributed by atoms with E-state index >= 15 is 0 Å². The Morgan fingerprint density at radius 2 is 2.00 bits per heavy atom. The van der Waals surface area contributed by atoms with Crippen molar-refractivity contribution in [1.29, 1.82) is 0 Å². The van der Waals surface area contributed by atoms with Gasteiger partial charge in [0.25, 0.3) is 0 Å². The van der Waals surface area contributed by atoms with E-state index in [1.807, 2.05) is 6.92 Å². The third kappa shape index (κ3) is 4.36. The van der Waals surface area contributed by atoms with Gasteiger partial charge in [-0.1, -0.05) is 0 Å². The van der Waals surface area contributed by atoms with Crippen molar-refractivity contribution in [2.24, 2.45) is 0 Å². The van der Waals surface area contributed by atoms with E-state index < -0.39 is 11.9 Å². The summed E-state index contributed by atoms with van der Waals surface area (Å²) in [6.45, 7) is 2.75. The van der Waals surface area contributed by atoms with Crippen molar-refractivity contribution >= 4 is 5.95 Å². The predicted octanol–water partition coefficient (Wildman–Crippen LogP) is 1.95. The fourth-order valence-corrected chi connectivity index (χ4v) is 1.11. The number of anilines is 1. The molecule has 0 unspecified atom stereocenters. The molecule has 0 fully saturated rings. The Bertz CT molecular complexity index is 385. The lowest BCUT2D eigenvalue weighted by atomic mass is 10.4. The molecule has 1 aromatic rings. The third-order valence-corrected chi connectivity index (χ3v) is 1.90. The van der Waals surface area contributed by atoms with E-state index in [0.29, 0.717) is 6.61 Å². The van der Waals surface area contributed by atoms with Crippen LogP contribution >= 0.6 is 0 Å². The standard InChI is InChI=1S/C10H14F3N3O2/c1-3-17-4-5-18-8-6-7(10(11,12)13)15-9(14-2)16-8/h6H,3-5H2,1-2H3,(H,14,15,16). The maximum absolute atomic E-state index is 12.5. The van der Waals surface area contributed by atoms with E-state index in [9.17, 15) is 13.2 Å². The Balaban J connectivity index is 2.78. The van der Waals surface area contributed by atoms with Crippen LogP contribution in [0.4, 0.5) is 19.1 Å². The second-order valence-corrected chi connectivity index (χ2v) is 3.21. The SMILES string of the molecule is CCOCCOc1cc(C(F)(F)F)nc(NC)n1. The van der Waals surface area contributed by atoms with Crippen LogP contribution in [0.3, 0.4) is 0 Å². The zero-order valence-electron chi connectivity index (χ0n) is 10.0. The van der Waals surface area contributed by atoms with Gasteiger partial charge < -0.3 is 14.8 Å². The first-order chi connectivity index (χ1) is 8.47. The lowest BCUT2D eigenvalue weighted by molar-refractivity contribution is -0.141. The van der Waals surface area contributed by atoms with Gasteiger partial charge in [0, 0.05) is 19.7 Å². The zero-order chi connectivity index (χ0) is 13.6. The Morgan fingerprint density at radius 1 is 1.28 bits per heavy atom. The van der Waals surface area contributed by atoms with Crippen molar-refractivity contribution in [1.82, 2.24) is 9.97 Å². The highest BCUT2D eigenvalue weighted by Crippen LogP contribution is 2.30. The summed E-state index contributed by atoms with van der Waals surface area (Å²) in [5.74, 6) is -0.280. The maximum Gasteiger partial charge on any atom is 0.433 e. The number of nitrogens with one attached hydrogen (secondary N) is 1. The number of ether oxygens (including phenoxy) is 2. The molecule has 1 aromatic heterocycles. The first-order valence-corrected chi connectivity index (χ1v) is 5.32. The van der Waals surface area contributed by atoms with Gasteiger partial charge in [0.15, 0.2) is 5.69 Å². The van der Waals surface area contributed by atoms with E-state index in [-0.39, 0.29) is 25.0 Å². The molecule has 0 saturated heterocycles. The summed E-state index contributed by atoms with van der Waals surface area (Å²) in [5, 5.41) is 2.45. The van der Waals surface area contributed by atoms with Crippen LogP contribution in [0, 0.1) is 0 Å². The maximum atomic E-state index is 12.5. The number of aromatic nitrogens is 2. The molecule has 102 valence electrons. The lowest BCUT2D eigenvalue weighted by Crippen LogP contribution is -2.13. The monoisotopic (exact) mass is 265 g/mol. The molecule has 1 heterocycles. The van der Waals surface area contributed by atoms with Gasteiger partial charge in [-0.15, -0.1) is 0 Å². The van der Waals surface area contributed by atoms with E-state index in [1.165, 1.54) is 7.05 Å². The van der Waals surface area contributed by atoms with Gasteiger partial charge >= 0.3 is 6.18 Å². The smallest absolute Gasteiger partial charge is 0.433 e. The van der Waals surface area contributed by atoms with Gasteiger partial charge in [-0.2, -0.15) is 18.2 Å². The molecular weight excluding hydrogens is 251 g/mol. The summed E-state index contributed by atoms with van der Waals surface area (Å²) in [7, 11) is 1.43. The Kier molecular flexibility index (Phi) is 5.14. The summed E-state index contributed by atoms with van der Waals surface area (Å²) >= 11 is 0. The molecule has 1 N–H and O–H groups in total. The molecule has 0 aliphatic heterocycles. The van der Waals surface area contributed by atoms with Crippen LogP contribution in [0.15, 0.2) is 6.07 Å². The van der Waals surface area contributed by atoms with Crippen molar-refractivity contribution in [2.45, 2.75) is 13.1 Å². The van der Waals surface area contributed by atoms with Gasteiger partial charge in [-0.05, 0) is 6.92 Å². The van der Waals surface area contributed by atoms with Crippen molar-refractivity contribution in [3.63, 3.8) is 0 Å². The lowest BCUT2D eigenvalue weighted by Gasteiger charge is -2.10. The molecule has 0 aliphatic carbocycles. The highest BCUT2D eigenvalue weighted by molar-refractivity contribution is 5.31. The van der Waals surface area contributed by atoms with E-state index in [2.05, 4.69) is 15.3 Å². The minimum Gasteiger partial charge on any atom is -0.475 e. The van der Waals surface area contributed by atoms with E-state index in [1.54, 1.807) is 0 Å². The van der Waals surface area contributed by atoms with Crippen LogP contribution in [-0.4, -0.2) is 36.8 Å². The molecule has 0 atom stereocenters. The summed E-state index contributed by atoms with van der Waals surface area (Å²) < 4.78 is 47.7. The summed E-state index contributed by atoms with van der Waals surface area (Å²) in [5.41, 5.74) is -1.05. The van der Waals surface area contributed by atoms with Gasteiger partial charge in [0.05, 0.1) is 6.61 Å². The highest BCUT2D eigenvalue weighted by Gasteiger charge is 2.33. The summed E-state index contributed by atoms with van der Waals surface area (Å²) in [6.07, 6.45) is -4.54. The molecule has 0 aromatic carbocycles. The molecule has 5 nitrogen and oxygen atoms in total. The molecular formula is C10H14F3N3O2. The van der Waals surface area contributed by atoms with Crippen molar-refractivity contribution in [2.75, 3.05) is 32.2 Å². The summed E-state index contributed by atoms with van der Waals surface area (Å²) in [4.78, 5) is 7.07. The number of hydrogen-bond acceptors (Lipinski definition) is 5. The topological polar surface area (TPSA) is 56.3 Å². The third-order valence-electron chi connectivity index (χ3n) is 1.90. The average Bonchev–Trinajstić information content (AvgIpc) is 2.33. The normalized spacial score (nSPS) is 11.4. The van der Waals surface area contributed by atoms with E-state index in [4.69, 9.17) is 9.47 Å². The first kappa shape index (κ1) is 14.5. The molecule has 0 saturated carbocycles. The zero-order valence-corrected chi connectivity index (χ0v) is 10.0. The van der Waals surface area contributed by atoms with Crippen molar-refractivity contribution < 1.29 is 22.6 Å². The second kappa shape index (κ2) is 6.39. The van der Waals surface area contributed by atoms with Crippen LogP contribution < -0.4 is 10.1 Å². The Labute approximate surface area is 102 Å². The van der Waals surface area contributed by atoms with Gasteiger partial charge in [-0.3, -0.25) is 0 Å². The molecule has 0 bridgehead atoms. The van der Waals surface area contributed by atoms with Gasteiger partial charge in [0.2, 0.25) is 11.8 Å².